The van der Waals surface area contributed by atoms with Crippen molar-refractivity contribution in [3.05, 3.63) is 33.8 Å². The maximum Gasteiger partial charge on any atom is 0.0476 e. The Labute approximate surface area is 101 Å². The minimum atomic E-state index is 0.602. The second kappa shape index (κ2) is 6.05. The maximum atomic E-state index is 5.84. The van der Waals surface area contributed by atoms with Gasteiger partial charge < -0.3 is 0 Å². The van der Waals surface area contributed by atoms with Gasteiger partial charge in [-0.15, -0.1) is 11.6 Å². The van der Waals surface area contributed by atoms with E-state index in [1.54, 1.807) is 0 Å². The molecule has 1 rings (SSSR count). The number of alkyl halides is 2. The molecule has 0 bridgehead atoms. The first-order valence-corrected chi connectivity index (χ1v) is 6.62. The van der Waals surface area contributed by atoms with Crippen LogP contribution in [0.15, 0.2) is 22.7 Å². The molecule has 0 aromatic heterocycles. The van der Waals surface area contributed by atoms with Crippen LogP contribution in [0.2, 0.25) is 0 Å². The van der Waals surface area contributed by atoms with E-state index in [4.69, 9.17) is 11.6 Å². The van der Waals surface area contributed by atoms with E-state index >= 15 is 0 Å². The number of benzene rings is 1. The van der Waals surface area contributed by atoms with E-state index in [9.17, 15) is 0 Å². The first kappa shape index (κ1) is 11.5. The van der Waals surface area contributed by atoms with Gasteiger partial charge >= 0.3 is 0 Å². The summed E-state index contributed by atoms with van der Waals surface area (Å²) in [5, 5.41) is 1.04. The first-order chi connectivity index (χ1) is 6.27. The molecule has 72 valence electrons. The Bertz CT molecular complexity index is 274. The molecular weight excluding hydrogens is 315 g/mol. The molecule has 0 atom stereocenters. The van der Waals surface area contributed by atoms with Crippen molar-refractivity contribution in [1.29, 1.82) is 0 Å². The van der Waals surface area contributed by atoms with Gasteiger partial charge in [0.25, 0.3) is 0 Å². The fourth-order valence-corrected chi connectivity index (χ4v) is 2.16. The molecule has 0 N–H and O–H groups in total. The predicted octanol–water partition coefficient (Wildman–Crippen LogP) is 4.52. The van der Waals surface area contributed by atoms with Crippen molar-refractivity contribution >= 4 is 43.5 Å². The zero-order valence-electron chi connectivity index (χ0n) is 7.19. The summed E-state index contributed by atoms with van der Waals surface area (Å²) in [7, 11) is 0. The van der Waals surface area contributed by atoms with Gasteiger partial charge in [0.15, 0.2) is 0 Å². The molecule has 0 aliphatic rings. The molecule has 1 aromatic rings. The summed E-state index contributed by atoms with van der Waals surface area (Å²) in [6.07, 6.45) is 2.24. The summed E-state index contributed by atoms with van der Waals surface area (Å²) in [5.41, 5.74) is 2.59. The van der Waals surface area contributed by atoms with Gasteiger partial charge in [-0.1, -0.05) is 37.9 Å². The van der Waals surface area contributed by atoms with Crippen molar-refractivity contribution < 1.29 is 0 Å². The van der Waals surface area contributed by atoms with Crippen LogP contribution in [-0.4, -0.2) is 5.33 Å². The Morgan fingerprint density at radius 3 is 2.62 bits per heavy atom. The lowest BCUT2D eigenvalue weighted by Crippen LogP contribution is -1.92. The number of hydrogen-bond donors (Lipinski definition) is 0. The third-order valence-corrected chi connectivity index (χ3v) is 3.23. The van der Waals surface area contributed by atoms with Crippen molar-refractivity contribution in [3.8, 4) is 0 Å². The molecule has 0 fully saturated rings. The van der Waals surface area contributed by atoms with Gasteiger partial charge in [-0.3, -0.25) is 0 Å². The third-order valence-electron chi connectivity index (χ3n) is 1.89. The zero-order chi connectivity index (χ0) is 9.68. The van der Waals surface area contributed by atoms with Crippen LogP contribution < -0.4 is 0 Å². The van der Waals surface area contributed by atoms with Gasteiger partial charge in [0.1, 0.15) is 0 Å². The minimum Gasteiger partial charge on any atom is -0.122 e. The minimum absolute atomic E-state index is 0.602. The predicted molar refractivity (Wildman–Crippen MR) is 65.8 cm³/mol. The Morgan fingerprint density at radius 2 is 2.00 bits per heavy atom. The molecule has 0 nitrogen and oxygen atoms in total. The fourth-order valence-electron chi connectivity index (χ4n) is 1.21. The zero-order valence-corrected chi connectivity index (χ0v) is 11.1. The quantitative estimate of drug-likeness (QED) is 0.714. The summed E-state index contributed by atoms with van der Waals surface area (Å²) in [6, 6.07) is 6.27. The average Bonchev–Trinajstić information content (AvgIpc) is 2.15. The summed E-state index contributed by atoms with van der Waals surface area (Å²) < 4.78 is 1.13. The summed E-state index contributed by atoms with van der Waals surface area (Å²) in [6.45, 7) is 0. The van der Waals surface area contributed by atoms with Gasteiger partial charge in [0, 0.05) is 15.7 Å². The lowest BCUT2D eigenvalue weighted by atomic mass is 10.0. The molecule has 0 heterocycles. The van der Waals surface area contributed by atoms with E-state index in [1.807, 2.05) is 6.07 Å². The van der Waals surface area contributed by atoms with Crippen LogP contribution in [0, 0.1) is 0 Å². The molecule has 0 amide bonds. The van der Waals surface area contributed by atoms with Crippen LogP contribution in [0.5, 0.6) is 0 Å². The second-order valence-electron chi connectivity index (χ2n) is 2.84. The molecule has 0 saturated heterocycles. The van der Waals surface area contributed by atoms with Crippen LogP contribution in [-0.2, 0) is 12.3 Å². The van der Waals surface area contributed by atoms with E-state index in [0.29, 0.717) is 5.88 Å². The standard InChI is InChI=1S/C10H11Br2Cl/c11-5-1-2-8-6-10(12)4-3-9(8)7-13/h3-4,6H,1-2,5,7H2. The van der Waals surface area contributed by atoms with Crippen LogP contribution in [0.1, 0.15) is 17.5 Å². The summed E-state index contributed by atoms with van der Waals surface area (Å²) in [5.74, 6) is 0.602. The third kappa shape index (κ3) is 3.61. The SMILES string of the molecule is ClCc1ccc(Br)cc1CCCBr. The van der Waals surface area contributed by atoms with E-state index in [2.05, 4.69) is 44.0 Å². The van der Waals surface area contributed by atoms with E-state index in [-0.39, 0.29) is 0 Å². The number of rotatable bonds is 4. The highest BCUT2D eigenvalue weighted by atomic mass is 79.9. The maximum absolute atomic E-state index is 5.84. The van der Waals surface area contributed by atoms with Crippen LogP contribution in [0.3, 0.4) is 0 Å². The topological polar surface area (TPSA) is 0 Å². The van der Waals surface area contributed by atoms with Crippen LogP contribution in [0.25, 0.3) is 0 Å². The van der Waals surface area contributed by atoms with E-state index < -0.39 is 0 Å². The van der Waals surface area contributed by atoms with Gasteiger partial charge in [0.05, 0.1) is 0 Å². The molecule has 0 aliphatic heterocycles. The number of aryl methyl sites for hydroxylation is 1. The fraction of sp³-hybridized carbons (Fsp3) is 0.400. The molecule has 0 aliphatic carbocycles. The van der Waals surface area contributed by atoms with Crippen molar-refractivity contribution in [2.75, 3.05) is 5.33 Å². The smallest absolute Gasteiger partial charge is 0.0476 e. The summed E-state index contributed by atoms with van der Waals surface area (Å²) in [4.78, 5) is 0. The second-order valence-corrected chi connectivity index (χ2v) is 4.82. The highest BCUT2D eigenvalue weighted by Gasteiger charge is 2.01. The van der Waals surface area contributed by atoms with E-state index in [0.717, 1.165) is 22.6 Å². The van der Waals surface area contributed by atoms with Crippen molar-refractivity contribution in [2.45, 2.75) is 18.7 Å². The highest BCUT2D eigenvalue weighted by Crippen LogP contribution is 2.19. The molecule has 0 saturated carbocycles. The lowest BCUT2D eigenvalue weighted by Gasteiger charge is -2.06. The molecule has 3 heteroatoms. The molecule has 0 unspecified atom stereocenters. The molecular formula is C10H11Br2Cl. The molecule has 13 heavy (non-hydrogen) atoms. The Kier molecular flexibility index (Phi) is 5.37. The molecule has 0 radical (unpaired) electrons. The first-order valence-electron chi connectivity index (χ1n) is 4.17. The van der Waals surface area contributed by atoms with Gasteiger partial charge in [-0.2, -0.15) is 0 Å². The highest BCUT2D eigenvalue weighted by molar-refractivity contribution is 9.10. The summed E-state index contributed by atoms with van der Waals surface area (Å²) >= 11 is 12.7. The van der Waals surface area contributed by atoms with Crippen molar-refractivity contribution in [1.82, 2.24) is 0 Å². The molecule has 0 spiro atoms. The normalized spacial score (nSPS) is 10.4. The Morgan fingerprint density at radius 1 is 1.23 bits per heavy atom. The lowest BCUT2D eigenvalue weighted by molar-refractivity contribution is 0.926. The average molecular weight is 326 g/mol. The number of halogens is 3. The van der Waals surface area contributed by atoms with E-state index in [1.165, 1.54) is 11.1 Å². The van der Waals surface area contributed by atoms with Gasteiger partial charge in [0.2, 0.25) is 0 Å². The van der Waals surface area contributed by atoms with Crippen LogP contribution in [0.4, 0.5) is 0 Å². The van der Waals surface area contributed by atoms with Crippen molar-refractivity contribution in [3.63, 3.8) is 0 Å². The van der Waals surface area contributed by atoms with Gasteiger partial charge in [-0.25, -0.2) is 0 Å². The largest absolute Gasteiger partial charge is 0.122 e. The van der Waals surface area contributed by atoms with Crippen LogP contribution >= 0.6 is 43.5 Å². The monoisotopic (exact) mass is 324 g/mol. The Balaban J connectivity index is 2.81. The molecule has 1 aromatic carbocycles. The van der Waals surface area contributed by atoms with Gasteiger partial charge in [-0.05, 0) is 36.1 Å². The van der Waals surface area contributed by atoms with Crippen molar-refractivity contribution in [2.24, 2.45) is 0 Å². The Hall–Kier alpha value is 0.470. The number of hydrogen-bond acceptors (Lipinski definition) is 0.